The smallest absolute Gasteiger partial charge is 0.406 e. The maximum absolute atomic E-state index is 12.5. The van der Waals surface area contributed by atoms with Crippen molar-refractivity contribution in [3.63, 3.8) is 0 Å². The van der Waals surface area contributed by atoms with E-state index in [1.165, 1.54) is 0 Å². The van der Waals surface area contributed by atoms with Crippen molar-refractivity contribution in [1.29, 1.82) is 0 Å². The second kappa shape index (κ2) is 4.69. The maximum atomic E-state index is 12.5. The molecule has 0 fully saturated rings. The number of primary sulfonamides is 1. The first kappa shape index (κ1) is 14.6. The summed E-state index contributed by atoms with van der Waals surface area (Å²) in [5.41, 5.74) is -1.15. The van der Waals surface area contributed by atoms with Crippen LogP contribution in [0, 0.1) is 0 Å². The summed E-state index contributed by atoms with van der Waals surface area (Å²) in [5, 5.41) is 4.65. The Morgan fingerprint density at radius 2 is 1.78 bits per heavy atom. The van der Waals surface area contributed by atoms with E-state index in [-0.39, 0.29) is 6.07 Å². The Hall–Kier alpha value is -1.42. The lowest BCUT2D eigenvalue weighted by atomic mass is 10.2. The van der Waals surface area contributed by atoms with Gasteiger partial charge in [-0.15, -0.1) is 13.2 Å². The van der Waals surface area contributed by atoms with Crippen LogP contribution in [0.2, 0.25) is 0 Å². The molecule has 0 aliphatic rings. The number of hydrogen-bond donors (Lipinski definition) is 1. The topological polar surface area (TPSA) is 69.4 Å². The largest absolute Gasteiger partial charge is 0.573 e. The van der Waals surface area contributed by atoms with Crippen molar-refractivity contribution in [1.82, 2.24) is 0 Å². The lowest BCUT2D eigenvalue weighted by Gasteiger charge is -2.12. The SMILES string of the molecule is NS(=O)(=O)c1ccc(OC(F)(F)F)cc1C(F)F. The van der Waals surface area contributed by atoms with Crippen LogP contribution < -0.4 is 9.88 Å². The van der Waals surface area contributed by atoms with E-state index in [1.807, 2.05) is 0 Å². The molecule has 18 heavy (non-hydrogen) atoms. The number of nitrogens with two attached hydrogens (primary N) is 1. The van der Waals surface area contributed by atoms with Crippen LogP contribution in [0.5, 0.6) is 5.75 Å². The minimum Gasteiger partial charge on any atom is -0.406 e. The molecule has 0 spiro atoms. The molecule has 1 aromatic carbocycles. The second-order valence-corrected chi connectivity index (χ2v) is 4.62. The highest BCUT2D eigenvalue weighted by Crippen LogP contribution is 2.31. The lowest BCUT2D eigenvalue weighted by molar-refractivity contribution is -0.274. The average molecular weight is 291 g/mol. The number of sulfonamides is 1. The van der Waals surface area contributed by atoms with Gasteiger partial charge >= 0.3 is 6.36 Å². The molecule has 102 valence electrons. The number of benzene rings is 1. The molecule has 0 unspecified atom stereocenters. The molecule has 4 nitrogen and oxygen atoms in total. The zero-order valence-electron chi connectivity index (χ0n) is 8.41. The van der Waals surface area contributed by atoms with E-state index in [2.05, 4.69) is 9.88 Å². The number of rotatable bonds is 3. The highest BCUT2D eigenvalue weighted by molar-refractivity contribution is 7.89. The summed E-state index contributed by atoms with van der Waals surface area (Å²) in [6, 6.07) is 1.38. The molecule has 1 aromatic rings. The Labute approximate surface area is 98.2 Å². The standard InChI is InChI=1S/C8H6F5NO3S/c9-7(10)5-3-4(17-8(11,12)13)1-2-6(5)18(14,15)16/h1-3,7H,(H2,14,15,16). The van der Waals surface area contributed by atoms with Gasteiger partial charge in [-0.05, 0) is 18.2 Å². The number of halogens is 5. The molecule has 0 saturated carbocycles. The molecule has 0 saturated heterocycles. The van der Waals surface area contributed by atoms with Gasteiger partial charge in [-0.1, -0.05) is 0 Å². The predicted octanol–water partition coefficient (Wildman–Crippen LogP) is 2.17. The van der Waals surface area contributed by atoms with Gasteiger partial charge in [0.15, 0.2) is 0 Å². The van der Waals surface area contributed by atoms with E-state index in [1.54, 1.807) is 0 Å². The van der Waals surface area contributed by atoms with Gasteiger partial charge in [0.2, 0.25) is 10.0 Å². The third-order valence-electron chi connectivity index (χ3n) is 1.76. The van der Waals surface area contributed by atoms with Crippen molar-refractivity contribution in [2.75, 3.05) is 0 Å². The van der Waals surface area contributed by atoms with Gasteiger partial charge in [0.25, 0.3) is 6.43 Å². The molecule has 0 aliphatic carbocycles. The fourth-order valence-electron chi connectivity index (χ4n) is 1.15. The van der Waals surface area contributed by atoms with Crippen molar-refractivity contribution in [3.05, 3.63) is 23.8 Å². The summed E-state index contributed by atoms with van der Waals surface area (Å²) >= 11 is 0. The van der Waals surface area contributed by atoms with Gasteiger partial charge in [0.05, 0.1) is 4.90 Å². The summed E-state index contributed by atoms with van der Waals surface area (Å²) in [6.45, 7) is 0. The zero-order chi connectivity index (χ0) is 14.1. The van der Waals surface area contributed by atoms with E-state index in [9.17, 15) is 30.4 Å². The van der Waals surface area contributed by atoms with Crippen LogP contribution in [0.3, 0.4) is 0 Å². The molecule has 2 N–H and O–H groups in total. The van der Waals surface area contributed by atoms with E-state index >= 15 is 0 Å². The van der Waals surface area contributed by atoms with E-state index in [0.717, 1.165) is 0 Å². The van der Waals surface area contributed by atoms with Crippen LogP contribution in [0.15, 0.2) is 23.1 Å². The summed E-state index contributed by atoms with van der Waals surface area (Å²) in [6.07, 6.45) is -8.38. The molecule has 0 heterocycles. The second-order valence-electron chi connectivity index (χ2n) is 3.09. The molecular weight excluding hydrogens is 285 g/mol. The monoisotopic (exact) mass is 291 g/mol. The predicted molar refractivity (Wildman–Crippen MR) is 49.5 cm³/mol. The first-order valence-corrected chi connectivity index (χ1v) is 5.76. The zero-order valence-corrected chi connectivity index (χ0v) is 9.23. The quantitative estimate of drug-likeness (QED) is 0.868. The molecule has 0 amide bonds. The van der Waals surface area contributed by atoms with Gasteiger partial charge in [0, 0.05) is 5.56 Å². The van der Waals surface area contributed by atoms with Gasteiger partial charge in [-0.25, -0.2) is 22.3 Å². The summed E-state index contributed by atoms with van der Waals surface area (Å²) in [5.74, 6) is -0.954. The fraction of sp³-hybridized carbons (Fsp3) is 0.250. The van der Waals surface area contributed by atoms with Crippen LogP contribution >= 0.6 is 0 Å². The third-order valence-corrected chi connectivity index (χ3v) is 2.74. The summed E-state index contributed by atoms with van der Waals surface area (Å²) in [7, 11) is -4.46. The Morgan fingerprint density at radius 3 is 2.17 bits per heavy atom. The average Bonchev–Trinajstić information content (AvgIpc) is 2.12. The normalized spacial score (nSPS) is 12.8. The fourth-order valence-corrected chi connectivity index (χ4v) is 1.89. The van der Waals surface area contributed by atoms with E-state index in [4.69, 9.17) is 0 Å². The number of hydrogen-bond acceptors (Lipinski definition) is 3. The molecule has 0 radical (unpaired) electrons. The third kappa shape index (κ3) is 3.81. The van der Waals surface area contributed by atoms with Crippen molar-refractivity contribution >= 4 is 10.0 Å². The summed E-state index contributed by atoms with van der Waals surface area (Å²) in [4.78, 5) is -0.952. The van der Waals surface area contributed by atoms with Crippen LogP contribution in [0.25, 0.3) is 0 Å². The Kier molecular flexibility index (Phi) is 3.81. The highest BCUT2D eigenvalue weighted by atomic mass is 32.2. The van der Waals surface area contributed by atoms with Crippen LogP contribution in [-0.4, -0.2) is 14.8 Å². The van der Waals surface area contributed by atoms with E-state index < -0.39 is 39.0 Å². The first-order chi connectivity index (χ1) is 8.00. The van der Waals surface area contributed by atoms with Crippen molar-refractivity contribution in [2.45, 2.75) is 17.7 Å². The first-order valence-electron chi connectivity index (χ1n) is 4.21. The minimum absolute atomic E-state index is 0.276. The number of ether oxygens (including phenoxy) is 1. The number of alkyl halides is 5. The van der Waals surface area contributed by atoms with E-state index in [0.29, 0.717) is 12.1 Å². The Balaban J connectivity index is 3.29. The maximum Gasteiger partial charge on any atom is 0.573 e. The summed E-state index contributed by atoms with van der Waals surface area (Å²) < 4.78 is 85.9. The molecule has 0 aliphatic heterocycles. The Morgan fingerprint density at radius 1 is 1.22 bits per heavy atom. The van der Waals surface area contributed by atoms with Crippen molar-refractivity contribution < 1.29 is 35.1 Å². The highest BCUT2D eigenvalue weighted by Gasteiger charge is 2.32. The van der Waals surface area contributed by atoms with Crippen LogP contribution in [-0.2, 0) is 10.0 Å². The molecule has 10 heteroatoms. The van der Waals surface area contributed by atoms with Gasteiger partial charge in [0.1, 0.15) is 5.75 Å². The Bertz CT molecular complexity index is 540. The molecule has 0 aromatic heterocycles. The van der Waals surface area contributed by atoms with Gasteiger partial charge < -0.3 is 4.74 Å². The molecular formula is C8H6F5NO3S. The molecule has 0 atom stereocenters. The minimum atomic E-state index is -5.07. The van der Waals surface area contributed by atoms with Gasteiger partial charge in [-0.3, -0.25) is 0 Å². The lowest BCUT2D eigenvalue weighted by Crippen LogP contribution is -2.18. The van der Waals surface area contributed by atoms with Crippen molar-refractivity contribution in [3.8, 4) is 5.75 Å². The van der Waals surface area contributed by atoms with Crippen LogP contribution in [0.1, 0.15) is 12.0 Å². The molecule has 0 bridgehead atoms. The van der Waals surface area contributed by atoms with Crippen LogP contribution in [0.4, 0.5) is 22.0 Å². The van der Waals surface area contributed by atoms with Crippen molar-refractivity contribution in [2.24, 2.45) is 5.14 Å². The molecule has 1 rings (SSSR count). The van der Waals surface area contributed by atoms with Gasteiger partial charge in [-0.2, -0.15) is 0 Å².